The van der Waals surface area contributed by atoms with Crippen molar-refractivity contribution in [2.75, 3.05) is 0 Å². The Morgan fingerprint density at radius 3 is 2.32 bits per heavy atom. The molecule has 28 heavy (non-hydrogen) atoms. The lowest BCUT2D eigenvalue weighted by molar-refractivity contribution is -0.149. The van der Waals surface area contributed by atoms with Gasteiger partial charge in [-0.05, 0) is 53.6 Å². The number of carbonyl (C=O) groups is 2. The minimum absolute atomic E-state index is 0.0708. The van der Waals surface area contributed by atoms with Crippen LogP contribution < -0.4 is 4.74 Å². The molecule has 3 rings (SSSR count). The molecule has 1 aliphatic heterocycles. The van der Waals surface area contributed by atoms with Crippen molar-refractivity contribution >= 4 is 11.9 Å². The van der Waals surface area contributed by atoms with Crippen LogP contribution in [0.1, 0.15) is 16.7 Å². The number of fused-ring (bicyclic) bond motifs is 1. The van der Waals surface area contributed by atoms with Gasteiger partial charge in [-0.25, -0.2) is 4.79 Å². The molecule has 0 saturated carbocycles. The molecule has 0 saturated heterocycles. The van der Waals surface area contributed by atoms with Crippen LogP contribution in [0.5, 0.6) is 11.5 Å². The summed E-state index contributed by atoms with van der Waals surface area (Å²) >= 11 is 0. The highest BCUT2D eigenvalue weighted by atomic mass is 19.4. The summed E-state index contributed by atoms with van der Waals surface area (Å²) in [5, 5.41) is 9.37. The second-order valence-electron chi connectivity index (χ2n) is 6.28. The molecule has 1 atom stereocenters. The van der Waals surface area contributed by atoms with Crippen LogP contribution in [0.3, 0.4) is 0 Å². The number of benzene rings is 2. The first-order valence-electron chi connectivity index (χ1n) is 8.32. The zero-order valence-corrected chi connectivity index (χ0v) is 14.6. The molecule has 0 spiro atoms. The Kier molecular flexibility index (Phi) is 5.13. The van der Waals surface area contributed by atoms with Crippen LogP contribution in [0.4, 0.5) is 13.2 Å². The van der Waals surface area contributed by atoms with Gasteiger partial charge in [0, 0.05) is 13.0 Å². The van der Waals surface area contributed by atoms with Crippen LogP contribution in [0.15, 0.2) is 55.1 Å². The van der Waals surface area contributed by atoms with Crippen LogP contribution >= 0.6 is 0 Å². The van der Waals surface area contributed by atoms with E-state index in [9.17, 15) is 27.9 Å². The number of amides is 1. The lowest BCUT2D eigenvalue weighted by Crippen LogP contribution is -2.48. The van der Waals surface area contributed by atoms with Gasteiger partial charge in [-0.3, -0.25) is 4.79 Å². The molecular weight excluding hydrogens is 375 g/mol. The molecule has 8 heteroatoms. The monoisotopic (exact) mass is 391 g/mol. The van der Waals surface area contributed by atoms with E-state index in [4.69, 9.17) is 4.74 Å². The smallest absolute Gasteiger partial charge is 0.416 e. The fourth-order valence-electron chi connectivity index (χ4n) is 3.04. The van der Waals surface area contributed by atoms with E-state index in [0.717, 1.165) is 23.8 Å². The second kappa shape index (κ2) is 7.38. The lowest BCUT2D eigenvalue weighted by atomic mass is 9.93. The van der Waals surface area contributed by atoms with Gasteiger partial charge in [0.25, 0.3) is 0 Å². The number of carboxylic acid groups (broad SMARTS) is 1. The van der Waals surface area contributed by atoms with E-state index < -0.39 is 29.7 Å². The van der Waals surface area contributed by atoms with Gasteiger partial charge in [-0.1, -0.05) is 12.6 Å². The molecular formula is C20H16F3NO4. The number of alkyl halides is 3. The predicted molar refractivity (Wildman–Crippen MR) is 93.8 cm³/mol. The topological polar surface area (TPSA) is 66.8 Å². The van der Waals surface area contributed by atoms with Crippen LogP contribution in [0.25, 0.3) is 0 Å². The van der Waals surface area contributed by atoms with E-state index in [2.05, 4.69) is 6.58 Å². The van der Waals surface area contributed by atoms with Crippen molar-refractivity contribution in [1.29, 1.82) is 0 Å². The van der Waals surface area contributed by atoms with Crippen molar-refractivity contribution in [3.63, 3.8) is 0 Å². The maximum Gasteiger partial charge on any atom is 0.416 e. The average Bonchev–Trinajstić information content (AvgIpc) is 2.66. The van der Waals surface area contributed by atoms with Crippen LogP contribution in [0.2, 0.25) is 0 Å². The summed E-state index contributed by atoms with van der Waals surface area (Å²) in [5.41, 5.74) is 0.695. The lowest BCUT2D eigenvalue weighted by Gasteiger charge is -2.33. The number of hydrogen-bond donors (Lipinski definition) is 1. The first kappa shape index (κ1) is 19.5. The number of ether oxygens (including phenoxy) is 1. The summed E-state index contributed by atoms with van der Waals surface area (Å²) in [6, 6.07) is 8.26. The van der Waals surface area contributed by atoms with E-state index in [1.54, 1.807) is 18.2 Å². The predicted octanol–water partition coefficient (Wildman–Crippen LogP) is 4.02. The van der Waals surface area contributed by atoms with Crippen LogP contribution in [-0.2, 0) is 28.7 Å². The zero-order chi connectivity index (χ0) is 20.5. The van der Waals surface area contributed by atoms with Crippen molar-refractivity contribution in [2.24, 2.45) is 0 Å². The van der Waals surface area contributed by atoms with Gasteiger partial charge in [-0.15, -0.1) is 0 Å². The van der Waals surface area contributed by atoms with Crippen LogP contribution in [-0.4, -0.2) is 27.9 Å². The fourth-order valence-corrected chi connectivity index (χ4v) is 3.04. The molecule has 5 nitrogen and oxygen atoms in total. The van der Waals surface area contributed by atoms with Crippen molar-refractivity contribution in [3.8, 4) is 11.5 Å². The Balaban J connectivity index is 1.83. The summed E-state index contributed by atoms with van der Waals surface area (Å²) in [6.45, 7) is 3.47. The van der Waals surface area contributed by atoms with E-state index in [0.29, 0.717) is 11.3 Å². The fraction of sp³-hybridized carbons (Fsp3) is 0.200. The normalized spacial score (nSPS) is 16.2. The van der Waals surface area contributed by atoms with Crippen LogP contribution in [0, 0.1) is 0 Å². The Bertz CT molecular complexity index is 922. The van der Waals surface area contributed by atoms with Gasteiger partial charge in [0.1, 0.15) is 17.5 Å². The summed E-state index contributed by atoms with van der Waals surface area (Å²) in [6.07, 6.45) is -3.22. The SMILES string of the molecule is C=CC(=O)N1Cc2cc(Oc3ccc(C(F)(F)F)cc3)ccc2C[C@H]1C(=O)O. The van der Waals surface area contributed by atoms with E-state index in [1.807, 2.05) is 0 Å². The molecule has 1 N–H and O–H groups in total. The molecule has 146 valence electrons. The highest BCUT2D eigenvalue weighted by Gasteiger charge is 2.34. The van der Waals surface area contributed by atoms with Crippen molar-refractivity contribution in [3.05, 3.63) is 71.8 Å². The summed E-state index contributed by atoms with van der Waals surface area (Å²) < 4.78 is 43.5. The van der Waals surface area contributed by atoms with Crippen molar-refractivity contribution in [1.82, 2.24) is 4.90 Å². The van der Waals surface area contributed by atoms with Gasteiger partial charge in [0.2, 0.25) is 5.91 Å². The second-order valence-corrected chi connectivity index (χ2v) is 6.28. The standard InChI is InChI=1S/C20H16F3NO4/c1-2-18(25)24-11-13-9-16(6-3-12(13)10-17(24)19(26)27)28-15-7-4-14(5-8-15)20(21,22)23/h2-9,17H,1,10-11H2,(H,26,27)/t17-/m0/s1. The maximum absolute atomic E-state index is 12.6. The van der Waals surface area contributed by atoms with Crippen molar-refractivity contribution in [2.45, 2.75) is 25.2 Å². The Morgan fingerprint density at radius 1 is 1.11 bits per heavy atom. The Labute approximate surface area is 158 Å². The third-order valence-corrected chi connectivity index (χ3v) is 4.47. The molecule has 2 aromatic rings. The Morgan fingerprint density at radius 2 is 1.75 bits per heavy atom. The largest absolute Gasteiger partial charge is 0.480 e. The average molecular weight is 391 g/mol. The Hall–Kier alpha value is -3.29. The zero-order valence-electron chi connectivity index (χ0n) is 14.6. The number of carbonyl (C=O) groups excluding carboxylic acids is 1. The molecule has 1 aliphatic rings. The molecule has 0 unspecified atom stereocenters. The number of carboxylic acids is 1. The van der Waals surface area contributed by atoms with Crippen molar-refractivity contribution < 1.29 is 32.6 Å². The number of aliphatic carboxylic acids is 1. The van der Waals surface area contributed by atoms with E-state index >= 15 is 0 Å². The maximum atomic E-state index is 12.6. The first-order chi connectivity index (χ1) is 13.2. The van der Waals surface area contributed by atoms with Gasteiger partial charge in [0.15, 0.2) is 0 Å². The highest BCUT2D eigenvalue weighted by molar-refractivity contribution is 5.91. The molecule has 0 bridgehead atoms. The number of rotatable bonds is 4. The number of hydrogen-bond acceptors (Lipinski definition) is 3. The quantitative estimate of drug-likeness (QED) is 0.800. The van der Waals surface area contributed by atoms with E-state index in [1.165, 1.54) is 17.0 Å². The third-order valence-electron chi connectivity index (χ3n) is 4.47. The molecule has 1 amide bonds. The molecule has 0 radical (unpaired) electrons. The molecule has 0 aromatic heterocycles. The highest BCUT2D eigenvalue weighted by Crippen LogP contribution is 2.33. The minimum atomic E-state index is -4.42. The summed E-state index contributed by atoms with van der Waals surface area (Å²) in [5.74, 6) is -0.998. The molecule has 0 aliphatic carbocycles. The van der Waals surface area contributed by atoms with E-state index in [-0.39, 0.29) is 18.7 Å². The van der Waals surface area contributed by atoms with Gasteiger partial charge < -0.3 is 14.7 Å². The number of halogens is 3. The van der Waals surface area contributed by atoms with Gasteiger partial charge >= 0.3 is 12.1 Å². The molecule has 0 fully saturated rings. The summed E-state index contributed by atoms with van der Waals surface area (Å²) in [4.78, 5) is 24.7. The third kappa shape index (κ3) is 4.00. The van der Waals surface area contributed by atoms with Gasteiger partial charge in [-0.2, -0.15) is 13.2 Å². The minimum Gasteiger partial charge on any atom is -0.480 e. The summed E-state index contributed by atoms with van der Waals surface area (Å²) in [7, 11) is 0. The molecule has 2 aromatic carbocycles. The van der Waals surface area contributed by atoms with Gasteiger partial charge in [0.05, 0.1) is 5.56 Å². The first-order valence-corrected chi connectivity index (χ1v) is 8.32. The number of nitrogens with zero attached hydrogens (tertiary/aromatic N) is 1. The molecule has 1 heterocycles.